The molecule has 0 aliphatic carbocycles. The Kier molecular flexibility index (Phi) is 5.68. The highest BCUT2D eigenvalue weighted by molar-refractivity contribution is 6.29. The summed E-state index contributed by atoms with van der Waals surface area (Å²) in [4.78, 5) is 35.9. The van der Waals surface area contributed by atoms with Gasteiger partial charge in [-0.1, -0.05) is 35.9 Å². The number of rotatable bonds is 5. The van der Waals surface area contributed by atoms with Crippen LogP contribution >= 0.6 is 11.6 Å². The first-order valence-corrected chi connectivity index (χ1v) is 11.7. The van der Waals surface area contributed by atoms with Crippen LogP contribution in [0.15, 0.2) is 59.5 Å². The summed E-state index contributed by atoms with van der Waals surface area (Å²) in [5, 5.41) is 12.9. The number of aryl methyl sites for hydroxylation is 1. The summed E-state index contributed by atoms with van der Waals surface area (Å²) in [7, 11) is 0. The molecule has 8 nitrogen and oxygen atoms in total. The maximum Gasteiger partial charge on any atom is 0.356 e. The molecule has 0 saturated heterocycles. The third kappa shape index (κ3) is 4.10. The van der Waals surface area contributed by atoms with Crippen LogP contribution in [0.5, 0.6) is 0 Å². The lowest BCUT2D eigenvalue weighted by atomic mass is 10.1. The van der Waals surface area contributed by atoms with Crippen molar-refractivity contribution in [3.63, 3.8) is 0 Å². The smallest absolute Gasteiger partial charge is 0.356 e. The number of carboxylic acid groups (broad SMARTS) is 1. The standard InChI is InChI=1S/C26H24ClN5O3/c1-14-10-19(15(2)28-20-8-9-21(27)29-24(20)26(34)35)25-30-22(11-23(33)32(25)12-14)31-13-17-6-4-5-7-18(17)16(31)3/h4-12,15-16,28H,13H2,1-3H3,(H,34,35)/t15-,16-/m1/s1. The van der Waals surface area contributed by atoms with Gasteiger partial charge in [0.1, 0.15) is 16.6 Å². The Labute approximate surface area is 206 Å². The highest BCUT2D eigenvalue weighted by Crippen LogP contribution is 2.36. The highest BCUT2D eigenvalue weighted by Gasteiger charge is 2.28. The molecule has 0 bridgehead atoms. The van der Waals surface area contributed by atoms with E-state index in [9.17, 15) is 14.7 Å². The zero-order valence-corrected chi connectivity index (χ0v) is 20.2. The van der Waals surface area contributed by atoms with Crippen LogP contribution in [-0.2, 0) is 6.54 Å². The van der Waals surface area contributed by atoms with E-state index >= 15 is 0 Å². The highest BCUT2D eigenvalue weighted by atomic mass is 35.5. The van der Waals surface area contributed by atoms with E-state index in [1.54, 1.807) is 22.7 Å². The zero-order valence-electron chi connectivity index (χ0n) is 19.5. The molecule has 2 N–H and O–H groups in total. The lowest BCUT2D eigenvalue weighted by Crippen LogP contribution is -2.25. The van der Waals surface area contributed by atoms with Gasteiger partial charge in [-0.05, 0) is 55.7 Å². The maximum atomic E-state index is 13.2. The van der Waals surface area contributed by atoms with Crippen molar-refractivity contribution in [2.24, 2.45) is 0 Å². The van der Waals surface area contributed by atoms with Crippen LogP contribution in [0.4, 0.5) is 11.5 Å². The molecule has 0 unspecified atom stereocenters. The molecule has 0 spiro atoms. The summed E-state index contributed by atoms with van der Waals surface area (Å²) in [5.74, 6) is -0.578. The summed E-state index contributed by atoms with van der Waals surface area (Å²) in [6, 6.07) is 14.6. The number of carboxylic acids is 1. The van der Waals surface area contributed by atoms with Crippen molar-refractivity contribution in [1.82, 2.24) is 14.4 Å². The summed E-state index contributed by atoms with van der Waals surface area (Å²) < 4.78 is 1.54. The van der Waals surface area contributed by atoms with E-state index in [1.807, 2.05) is 32.0 Å². The van der Waals surface area contributed by atoms with E-state index in [0.29, 0.717) is 23.7 Å². The maximum absolute atomic E-state index is 13.2. The molecule has 0 amide bonds. The van der Waals surface area contributed by atoms with Crippen LogP contribution in [-0.4, -0.2) is 25.4 Å². The number of fused-ring (bicyclic) bond motifs is 2. The summed E-state index contributed by atoms with van der Waals surface area (Å²) >= 11 is 5.90. The molecule has 1 aromatic carbocycles. The molecule has 0 saturated carbocycles. The Morgan fingerprint density at radius 3 is 2.71 bits per heavy atom. The van der Waals surface area contributed by atoms with E-state index in [-0.39, 0.29) is 28.5 Å². The van der Waals surface area contributed by atoms with E-state index in [1.165, 1.54) is 17.2 Å². The van der Waals surface area contributed by atoms with Gasteiger partial charge in [0.15, 0.2) is 5.69 Å². The Morgan fingerprint density at radius 2 is 1.97 bits per heavy atom. The number of pyridine rings is 2. The van der Waals surface area contributed by atoms with Crippen molar-refractivity contribution in [2.45, 2.75) is 39.4 Å². The van der Waals surface area contributed by atoms with Crippen LogP contribution < -0.4 is 15.8 Å². The molecule has 0 radical (unpaired) electrons. The molecule has 4 heterocycles. The van der Waals surface area contributed by atoms with Crippen molar-refractivity contribution in [3.05, 3.63) is 98.2 Å². The number of nitrogens with one attached hydrogen (secondary N) is 1. The quantitative estimate of drug-likeness (QED) is 0.380. The third-order valence-corrected chi connectivity index (χ3v) is 6.63. The second-order valence-electron chi connectivity index (χ2n) is 8.82. The van der Waals surface area contributed by atoms with Gasteiger partial charge in [-0.25, -0.2) is 14.8 Å². The van der Waals surface area contributed by atoms with Crippen molar-refractivity contribution >= 4 is 34.7 Å². The van der Waals surface area contributed by atoms with Crippen molar-refractivity contribution < 1.29 is 9.90 Å². The molecule has 0 fully saturated rings. The van der Waals surface area contributed by atoms with Gasteiger partial charge in [0, 0.05) is 24.4 Å². The Bertz CT molecular complexity index is 1530. The number of nitrogens with zero attached hydrogens (tertiary/aromatic N) is 4. The second kappa shape index (κ2) is 8.70. The molecule has 2 atom stereocenters. The fraction of sp³-hybridized carbons (Fsp3) is 0.231. The minimum Gasteiger partial charge on any atom is -0.476 e. The van der Waals surface area contributed by atoms with Gasteiger partial charge in [0.2, 0.25) is 0 Å². The fourth-order valence-electron chi connectivity index (χ4n) is 4.70. The largest absolute Gasteiger partial charge is 0.476 e. The normalized spacial score (nSPS) is 15.8. The van der Waals surface area contributed by atoms with Gasteiger partial charge in [0.05, 0.1) is 17.8 Å². The minimum atomic E-state index is -1.18. The SMILES string of the molecule is Cc1cc([C@@H](C)Nc2ccc(Cl)nc2C(=O)O)c2nc(N3Cc4ccccc4[C@H]3C)cc(=O)n2c1. The van der Waals surface area contributed by atoms with E-state index in [0.717, 1.165) is 11.1 Å². The zero-order chi connectivity index (χ0) is 24.9. The Hall–Kier alpha value is -3.91. The summed E-state index contributed by atoms with van der Waals surface area (Å²) in [6.07, 6.45) is 1.76. The first-order chi connectivity index (χ1) is 16.7. The number of carbonyl (C=O) groups is 1. The van der Waals surface area contributed by atoms with Crippen molar-refractivity contribution in [2.75, 3.05) is 10.2 Å². The third-order valence-electron chi connectivity index (χ3n) is 6.42. The molecule has 1 aliphatic heterocycles. The fourth-order valence-corrected chi connectivity index (χ4v) is 4.85. The second-order valence-corrected chi connectivity index (χ2v) is 9.21. The predicted molar refractivity (Wildman–Crippen MR) is 135 cm³/mol. The number of anilines is 2. The van der Waals surface area contributed by atoms with Crippen LogP contribution in [0.2, 0.25) is 5.15 Å². The monoisotopic (exact) mass is 489 g/mol. The van der Waals surface area contributed by atoms with E-state index in [4.69, 9.17) is 16.6 Å². The first kappa shape index (κ1) is 22.9. The molecule has 35 heavy (non-hydrogen) atoms. The molecular formula is C26H24ClN5O3. The predicted octanol–water partition coefficient (Wildman–Crippen LogP) is 5.00. The average molecular weight is 490 g/mol. The molecule has 4 aromatic rings. The van der Waals surface area contributed by atoms with Crippen LogP contribution in [0, 0.1) is 6.92 Å². The molecule has 9 heteroatoms. The van der Waals surface area contributed by atoms with Gasteiger partial charge in [-0.3, -0.25) is 9.20 Å². The number of hydrogen-bond donors (Lipinski definition) is 2. The molecule has 178 valence electrons. The lowest BCUT2D eigenvalue weighted by Gasteiger charge is -2.24. The Balaban J connectivity index is 1.58. The minimum absolute atomic E-state index is 0.0864. The summed E-state index contributed by atoms with van der Waals surface area (Å²) in [6.45, 7) is 6.58. The average Bonchev–Trinajstić information content (AvgIpc) is 3.16. The molecular weight excluding hydrogens is 466 g/mol. The number of aromatic nitrogens is 3. The van der Waals surface area contributed by atoms with Gasteiger partial charge in [-0.2, -0.15) is 0 Å². The van der Waals surface area contributed by atoms with Crippen LogP contribution in [0.1, 0.15) is 58.7 Å². The van der Waals surface area contributed by atoms with Gasteiger partial charge >= 0.3 is 5.97 Å². The van der Waals surface area contributed by atoms with Gasteiger partial charge in [-0.15, -0.1) is 0 Å². The van der Waals surface area contributed by atoms with Crippen molar-refractivity contribution in [1.29, 1.82) is 0 Å². The van der Waals surface area contributed by atoms with Crippen LogP contribution in [0.25, 0.3) is 5.65 Å². The van der Waals surface area contributed by atoms with Crippen LogP contribution in [0.3, 0.4) is 0 Å². The lowest BCUT2D eigenvalue weighted by molar-refractivity contribution is 0.0691. The number of halogens is 1. The van der Waals surface area contributed by atoms with E-state index in [2.05, 4.69) is 34.3 Å². The molecule has 3 aromatic heterocycles. The number of hydrogen-bond acceptors (Lipinski definition) is 6. The van der Waals surface area contributed by atoms with E-state index < -0.39 is 5.97 Å². The number of benzene rings is 1. The Morgan fingerprint density at radius 1 is 1.20 bits per heavy atom. The van der Waals surface area contributed by atoms with Gasteiger partial charge < -0.3 is 15.3 Å². The first-order valence-electron chi connectivity index (χ1n) is 11.3. The molecule has 1 aliphatic rings. The van der Waals surface area contributed by atoms with Crippen molar-refractivity contribution in [3.8, 4) is 0 Å². The number of aromatic carboxylic acids is 1. The molecule has 5 rings (SSSR count). The topological polar surface area (TPSA) is 99.8 Å². The van der Waals surface area contributed by atoms with Gasteiger partial charge in [0.25, 0.3) is 5.56 Å². The summed E-state index contributed by atoms with van der Waals surface area (Å²) in [5.41, 5.74) is 4.59.